The molecule has 1 aliphatic carbocycles. The van der Waals surface area contributed by atoms with Gasteiger partial charge in [0.2, 0.25) is 5.91 Å². The first-order valence-electron chi connectivity index (χ1n) is 6.83. The molecule has 1 rings (SSSR count). The fourth-order valence-corrected chi connectivity index (χ4v) is 3.67. The van der Waals surface area contributed by atoms with E-state index in [0.717, 1.165) is 12.8 Å². The summed E-state index contributed by atoms with van der Waals surface area (Å²) in [5.41, 5.74) is -0.805. The monoisotopic (exact) mass is 273 g/mol. The van der Waals surface area contributed by atoms with Gasteiger partial charge in [-0.1, -0.05) is 13.8 Å². The zero-order chi connectivity index (χ0) is 13.8. The van der Waals surface area contributed by atoms with Crippen molar-refractivity contribution in [2.45, 2.75) is 45.6 Å². The Labute approximate surface area is 115 Å². The van der Waals surface area contributed by atoms with Crippen LogP contribution in [0.15, 0.2) is 0 Å². The molecule has 0 aromatic carbocycles. The second-order valence-corrected chi connectivity index (χ2v) is 7.13. The van der Waals surface area contributed by atoms with E-state index in [1.54, 1.807) is 18.7 Å². The summed E-state index contributed by atoms with van der Waals surface area (Å²) in [6.07, 6.45) is 5.16. The summed E-state index contributed by atoms with van der Waals surface area (Å²) in [4.78, 5) is 12.1. The van der Waals surface area contributed by atoms with Crippen molar-refractivity contribution < 1.29 is 9.90 Å². The molecule has 1 fully saturated rings. The maximum absolute atomic E-state index is 12.1. The molecule has 1 saturated carbocycles. The Morgan fingerprint density at radius 1 is 1.33 bits per heavy atom. The Bertz CT molecular complexity index is 271. The minimum absolute atomic E-state index is 0.120. The van der Waals surface area contributed by atoms with E-state index in [4.69, 9.17) is 0 Å². The molecule has 3 atom stereocenters. The predicted molar refractivity (Wildman–Crippen MR) is 77.7 cm³/mol. The van der Waals surface area contributed by atoms with Crippen LogP contribution in [0.2, 0.25) is 0 Å². The van der Waals surface area contributed by atoms with E-state index in [-0.39, 0.29) is 11.8 Å². The molecule has 0 aliphatic heterocycles. The van der Waals surface area contributed by atoms with Gasteiger partial charge in [-0.05, 0) is 44.3 Å². The van der Waals surface area contributed by atoms with Gasteiger partial charge in [-0.25, -0.2) is 0 Å². The van der Waals surface area contributed by atoms with Crippen LogP contribution < -0.4 is 5.32 Å². The molecule has 3 nitrogen and oxygen atoms in total. The molecule has 106 valence electrons. The number of rotatable bonds is 5. The molecule has 4 heteroatoms. The molecule has 0 bridgehead atoms. The minimum atomic E-state index is -0.805. The molecule has 0 saturated heterocycles. The summed E-state index contributed by atoms with van der Waals surface area (Å²) in [5, 5.41) is 12.9. The third-order valence-electron chi connectivity index (χ3n) is 3.65. The highest BCUT2D eigenvalue weighted by atomic mass is 32.2. The summed E-state index contributed by atoms with van der Waals surface area (Å²) in [7, 11) is 0. The van der Waals surface area contributed by atoms with Gasteiger partial charge < -0.3 is 10.4 Å². The van der Waals surface area contributed by atoms with E-state index in [9.17, 15) is 9.90 Å². The molecule has 0 spiro atoms. The van der Waals surface area contributed by atoms with Gasteiger partial charge in [0.25, 0.3) is 0 Å². The normalized spacial score (nSPS) is 31.7. The molecule has 0 heterocycles. The van der Waals surface area contributed by atoms with Crippen LogP contribution in [0.4, 0.5) is 0 Å². The van der Waals surface area contributed by atoms with Gasteiger partial charge in [0.15, 0.2) is 0 Å². The smallest absolute Gasteiger partial charge is 0.223 e. The van der Waals surface area contributed by atoms with Crippen molar-refractivity contribution >= 4 is 17.7 Å². The second-order valence-electron chi connectivity index (χ2n) is 6.26. The van der Waals surface area contributed by atoms with Gasteiger partial charge in [0, 0.05) is 18.2 Å². The number of nitrogens with one attached hydrogen (secondary N) is 1. The highest BCUT2D eigenvalue weighted by molar-refractivity contribution is 7.98. The van der Waals surface area contributed by atoms with Crippen molar-refractivity contribution in [3.63, 3.8) is 0 Å². The van der Waals surface area contributed by atoms with E-state index in [1.807, 2.05) is 6.26 Å². The number of hydrogen-bond acceptors (Lipinski definition) is 3. The van der Waals surface area contributed by atoms with Crippen LogP contribution in [-0.4, -0.2) is 35.2 Å². The molecule has 0 aromatic heterocycles. The fraction of sp³-hybridized carbons (Fsp3) is 0.929. The number of thioether (sulfide) groups is 1. The van der Waals surface area contributed by atoms with Gasteiger partial charge in [-0.2, -0.15) is 11.8 Å². The minimum Gasteiger partial charge on any atom is -0.387 e. The van der Waals surface area contributed by atoms with Gasteiger partial charge in [-0.15, -0.1) is 0 Å². The van der Waals surface area contributed by atoms with Gasteiger partial charge in [0.05, 0.1) is 5.60 Å². The van der Waals surface area contributed by atoms with E-state index < -0.39 is 5.60 Å². The summed E-state index contributed by atoms with van der Waals surface area (Å²) < 4.78 is 0. The zero-order valence-corrected chi connectivity index (χ0v) is 12.8. The average Bonchev–Trinajstić information content (AvgIpc) is 2.24. The summed E-state index contributed by atoms with van der Waals surface area (Å²) in [6.45, 7) is 6.57. The highest BCUT2D eigenvalue weighted by Gasteiger charge is 2.30. The van der Waals surface area contributed by atoms with Crippen LogP contribution in [0.5, 0.6) is 0 Å². The third-order valence-corrected chi connectivity index (χ3v) is 4.56. The third kappa shape index (κ3) is 5.19. The van der Waals surface area contributed by atoms with E-state index >= 15 is 0 Å². The first-order valence-corrected chi connectivity index (χ1v) is 8.22. The summed E-state index contributed by atoms with van der Waals surface area (Å²) in [6, 6.07) is 0. The van der Waals surface area contributed by atoms with Gasteiger partial charge >= 0.3 is 0 Å². The van der Waals surface area contributed by atoms with Crippen molar-refractivity contribution in [2.24, 2.45) is 17.8 Å². The largest absolute Gasteiger partial charge is 0.387 e. The van der Waals surface area contributed by atoms with Crippen LogP contribution in [0.1, 0.15) is 40.0 Å². The quantitative estimate of drug-likeness (QED) is 0.808. The van der Waals surface area contributed by atoms with Crippen LogP contribution in [-0.2, 0) is 4.79 Å². The lowest BCUT2D eigenvalue weighted by atomic mass is 9.76. The lowest BCUT2D eigenvalue weighted by Crippen LogP contribution is -2.45. The molecule has 0 radical (unpaired) electrons. The van der Waals surface area contributed by atoms with Crippen molar-refractivity contribution in [3.05, 3.63) is 0 Å². The zero-order valence-electron chi connectivity index (χ0n) is 12.0. The van der Waals surface area contributed by atoms with Crippen LogP contribution in [0, 0.1) is 17.8 Å². The van der Waals surface area contributed by atoms with Gasteiger partial charge in [0.1, 0.15) is 0 Å². The number of carbonyl (C=O) groups excluding carboxylic acids is 1. The van der Waals surface area contributed by atoms with Crippen molar-refractivity contribution in [1.29, 1.82) is 0 Å². The molecule has 2 N–H and O–H groups in total. The van der Waals surface area contributed by atoms with Crippen molar-refractivity contribution in [2.75, 3.05) is 18.6 Å². The Kier molecular flexibility index (Phi) is 5.99. The Morgan fingerprint density at radius 3 is 2.39 bits per heavy atom. The first kappa shape index (κ1) is 15.8. The lowest BCUT2D eigenvalue weighted by molar-refractivity contribution is -0.127. The number of hydrogen-bond donors (Lipinski definition) is 2. The van der Waals surface area contributed by atoms with Crippen LogP contribution >= 0.6 is 11.8 Å². The van der Waals surface area contributed by atoms with Crippen molar-refractivity contribution in [1.82, 2.24) is 5.32 Å². The van der Waals surface area contributed by atoms with Gasteiger partial charge in [-0.3, -0.25) is 4.79 Å². The standard InChI is InChI=1S/C14H27NO2S/c1-10-5-11(2)7-12(6-10)13(16)15-8-14(3,17)9-18-4/h10-12,17H,5-9H2,1-4H3,(H,15,16). The molecule has 1 aliphatic rings. The predicted octanol–water partition coefficient (Wildman–Crippen LogP) is 2.29. The SMILES string of the molecule is CSCC(C)(O)CNC(=O)C1CC(C)CC(C)C1. The molecule has 0 aromatic rings. The number of amides is 1. The van der Waals surface area contributed by atoms with Crippen LogP contribution in [0.25, 0.3) is 0 Å². The lowest BCUT2D eigenvalue weighted by Gasteiger charge is -2.31. The van der Waals surface area contributed by atoms with E-state index in [1.165, 1.54) is 6.42 Å². The molecule has 18 heavy (non-hydrogen) atoms. The van der Waals surface area contributed by atoms with E-state index in [2.05, 4.69) is 19.2 Å². The summed E-state index contributed by atoms with van der Waals surface area (Å²) in [5.74, 6) is 2.17. The molecule has 1 amide bonds. The summed E-state index contributed by atoms with van der Waals surface area (Å²) >= 11 is 1.60. The Balaban J connectivity index is 2.40. The average molecular weight is 273 g/mol. The highest BCUT2D eigenvalue weighted by Crippen LogP contribution is 2.32. The maximum atomic E-state index is 12.1. The fourth-order valence-electron chi connectivity index (χ4n) is 2.94. The molecule has 3 unspecified atom stereocenters. The van der Waals surface area contributed by atoms with E-state index in [0.29, 0.717) is 24.1 Å². The maximum Gasteiger partial charge on any atom is 0.223 e. The molecular weight excluding hydrogens is 246 g/mol. The van der Waals surface area contributed by atoms with Crippen LogP contribution in [0.3, 0.4) is 0 Å². The molecular formula is C14H27NO2S. The first-order chi connectivity index (χ1) is 8.34. The number of carbonyl (C=O) groups is 1. The Hall–Kier alpha value is -0.220. The Morgan fingerprint density at radius 2 is 1.89 bits per heavy atom. The second kappa shape index (κ2) is 6.80. The van der Waals surface area contributed by atoms with Crippen molar-refractivity contribution in [3.8, 4) is 0 Å². The topological polar surface area (TPSA) is 49.3 Å². The number of aliphatic hydroxyl groups is 1.